The Hall–Kier alpha value is -2.63. The van der Waals surface area contributed by atoms with E-state index in [1.54, 1.807) is 25.1 Å². The zero-order valence-electron chi connectivity index (χ0n) is 11.4. The third kappa shape index (κ3) is 2.40. The zero-order valence-corrected chi connectivity index (χ0v) is 11.4. The van der Waals surface area contributed by atoms with Crippen molar-refractivity contribution in [2.45, 2.75) is 13.8 Å². The first-order chi connectivity index (χ1) is 9.43. The van der Waals surface area contributed by atoms with Crippen molar-refractivity contribution in [1.82, 2.24) is 0 Å². The Kier molecular flexibility index (Phi) is 3.56. The SMILES string of the molecule is COc1c(C)cc([N+](=O)[O-])c2ccc(NC(C)=O)cc12. The minimum Gasteiger partial charge on any atom is -0.496 e. The fourth-order valence-electron chi connectivity index (χ4n) is 2.22. The molecule has 0 heterocycles. The summed E-state index contributed by atoms with van der Waals surface area (Å²) in [7, 11) is 1.51. The highest BCUT2D eigenvalue weighted by molar-refractivity contribution is 6.00. The second-order valence-electron chi connectivity index (χ2n) is 4.44. The van der Waals surface area contributed by atoms with Crippen molar-refractivity contribution in [2.24, 2.45) is 0 Å². The summed E-state index contributed by atoms with van der Waals surface area (Å²) in [5, 5.41) is 14.9. The number of hydrogen-bond acceptors (Lipinski definition) is 4. The number of carbonyl (C=O) groups is 1. The van der Waals surface area contributed by atoms with Gasteiger partial charge in [-0.2, -0.15) is 0 Å². The number of non-ortho nitro benzene ring substituents is 1. The zero-order chi connectivity index (χ0) is 14.9. The molecule has 0 bridgehead atoms. The van der Waals surface area contributed by atoms with E-state index in [0.29, 0.717) is 27.8 Å². The number of anilines is 1. The van der Waals surface area contributed by atoms with Gasteiger partial charge in [0.2, 0.25) is 5.91 Å². The van der Waals surface area contributed by atoms with Gasteiger partial charge in [-0.15, -0.1) is 0 Å². The molecule has 1 amide bonds. The maximum Gasteiger partial charge on any atom is 0.277 e. The van der Waals surface area contributed by atoms with Crippen LogP contribution in [0.4, 0.5) is 11.4 Å². The molecule has 0 unspecified atom stereocenters. The van der Waals surface area contributed by atoms with Crippen LogP contribution in [-0.2, 0) is 4.79 Å². The molecule has 0 saturated carbocycles. The van der Waals surface area contributed by atoms with Crippen LogP contribution in [0.5, 0.6) is 5.75 Å². The number of methoxy groups -OCH3 is 1. The number of nitrogens with zero attached hydrogens (tertiary/aromatic N) is 1. The van der Waals surface area contributed by atoms with Crippen LogP contribution >= 0.6 is 0 Å². The van der Waals surface area contributed by atoms with Crippen LogP contribution in [0.3, 0.4) is 0 Å². The fraction of sp³-hybridized carbons (Fsp3) is 0.214. The molecule has 0 fully saturated rings. The molecule has 2 aromatic rings. The van der Waals surface area contributed by atoms with Crippen LogP contribution in [0.2, 0.25) is 0 Å². The predicted molar refractivity (Wildman–Crippen MR) is 76.2 cm³/mol. The molecule has 0 aliphatic carbocycles. The smallest absolute Gasteiger partial charge is 0.277 e. The predicted octanol–water partition coefficient (Wildman–Crippen LogP) is 3.02. The number of aryl methyl sites for hydroxylation is 1. The van der Waals surface area contributed by atoms with Crippen molar-refractivity contribution in [3.05, 3.63) is 39.9 Å². The summed E-state index contributed by atoms with van der Waals surface area (Å²) in [6, 6.07) is 6.40. The molecule has 0 saturated heterocycles. The van der Waals surface area contributed by atoms with Gasteiger partial charge in [0, 0.05) is 24.1 Å². The largest absolute Gasteiger partial charge is 0.496 e. The van der Waals surface area contributed by atoms with Crippen LogP contribution in [-0.4, -0.2) is 17.9 Å². The van der Waals surface area contributed by atoms with Crippen LogP contribution in [0, 0.1) is 17.0 Å². The maximum absolute atomic E-state index is 11.1. The molecule has 1 N–H and O–H groups in total. The monoisotopic (exact) mass is 274 g/mol. The van der Waals surface area contributed by atoms with Gasteiger partial charge < -0.3 is 10.1 Å². The number of nitro benzene ring substituents is 1. The molecular weight excluding hydrogens is 260 g/mol. The van der Waals surface area contributed by atoms with Gasteiger partial charge in [0.05, 0.1) is 17.4 Å². The minimum absolute atomic E-state index is 0.0210. The Balaban J connectivity index is 2.77. The number of amides is 1. The minimum atomic E-state index is -0.424. The van der Waals surface area contributed by atoms with Gasteiger partial charge in [0.15, 0.2) is 0 Å². The molecule has 6 nitrogen and oxygen atoms in total. The average Bonchev–Trinajstić information content (AvgIpc) is 2.36. The van der Waals surface area contributed by atoms with Crippen molar-refractivity contribution >= 4 is 28.1 Å². The summed E-state index contributed by atoms with van der Waals surface area (Å²) in [6.07, 6.45) is 0. The molecular formula is C14H14N2O4. The molecule has 20 heavy (non-hydrogen) atoms. The first kappa shape index (κ1) is 13.8. The number of hydrogen-bond donors (Lipinski definition) is 1. The lowest BCUT2D eigenvalue weighted by atomic mass is 10.0. The van der Waals surface area contributed by atoms with Gasteiger partial charge in [-0.1, -0.05) is 0 Å². The molecule has 2 rings (SSSR count). The maximum atomic E-state index is 11.1. The van der Waals surface area contributed by atoms with Crippen molar-refractivity contribution in [3.8, 4) is 5.75 Å². The van der Waals surface area contributed by atoms with E-state index in [-0.39, 0.29) is 11.6 Å². The van der Waals surface area contributed by atoms with Gasteiger partial charge in [0.1, 0.15) is 5.75 Å². The van der Waals surface area contributed by atoms with Crippen LogP contribution in [0.25, 0.3) is 10.8 Å². The van der Waals surface area contributed by atoms with Gasteiger partial charge in [-0.3, -0.25) is 14.9 Å². The van der Waals surface area contributed by atoms with Gasteiger partial charge in [0.25, 0.3) is 5.69 Å². The number of rotatable bonds is 3. The highest BCUT2D eigenvalue weighted by Crippen LogP contribution is 2.37. The van der Waals surface area contributed by atoms with Crippen molar-refractivity contribution in [3.63, 3.8) is 0 Å². The van der Waals surface area contributed by atoms with E-state index >= 15 is 0 Å². The number of benzene rings is 2. The second kappa shape index (κ2) is 5.16. The second-order valence-corrected chi connectivity index (χ2v) is 4.44. The van der Waals surface area contributed by atoms with Crippen molar-refractivity contribution in [2.75, 3.05) is 12.4 Å². The lowest BCUT2D eigenvalue weighted by Gasteiger charge is -2.11. The molecule has 104 valence electrons. The Morgan fingerprint density at radius 1 is 1.30 bits per heavy atom. The summed E-state index contributed by atoms with van der Waals surface area (Å²) in [5.41, 5.74) is 1.27. The highest BCUT2D eigenvalue weighted by Gasteiger charge is 2.18. The lowest BCUT2D eigenvalue weighted by Crippen LogP contribution is -2.05. The van der Waals surface area contributed by atoms with Gasteiger partial charge in [-0.25, -0.2) is 0 Å². The lowest BCUT2D eigenvalue weighted by molar-refractivity contribution is -0.383. The normalized spacial score (nSPS) is 10.3. The van der Waals surface area contributed by atoms with Gasteiger partial charge >= 0.3 is 0 Å². The van der Waals surface area contributed by atoms with Gasteiger partial charge in [-0.05, 0) is 30.7 Å². The van der Waals surface area contributed by atoms with E-state index < -0.39 is 4.92 Å². The Bertz CT molecular complexity index is 710. The quantitative estimate of drug-likeness (QED) is 0.689. The van der Waals surface area contributed by atoms with E-state index in [2.05, 4.69) is 5.32 Å². The standard InChI is InChI=1S/C14H14N2O4/c1-8-6-13(16(18)19)11-5-4-10(15-9(2)17)7-12(11)14(8)20-3/h4-7H,1-3H3,(H,15,17). The number of fused-ring (bicyclic) bond motifs is 1. The Morgan fingerprint density at radius 3 is 2.55 bits per heavy atom. The summed E-state index contributed by atoms with van der Waals surface area (Å²) < 4.78 is 5.32. The average molecular weight is 274 g/mol. The Morgan fingerprint density at radius 2 is 2.00 bits per heavy atom. The molecule has 0 atom stereocenters. The molecule has 0 spiro atoms. The first-order valence-corrected chi connectivity index (χ1v) is 5.97. The molecule has 6 heteroatoms. The number of nitrogens with one attached hydrogen (secondary N) is 1. The molecule has 0 radical (unpaired) electrons. The van der Waals surface area contributed by atoms with E-state index in [4.69, 9.17) is 4.74 Å². The topological polar surface area (TPSA) is 81.5 Å². The van der Waals surface area contributed by atoms with Crippen LogP contribution in [0.15, 0.2) is 24.3 Å². The van der Waals surface area contributed by atoms with E-state index in [0.717, 1.165) is 0 Å². The third-order valence-corrected chi connectivity index (χ3v) is 2.97. The van der Waals surface area contributed by atoms with E-state index in [9.17, 15) is 14.9 Å². The molecule has 2 aromatic carbocycles. The summed E-state index contributed by atoms with van der Waals surface area (Å²) >= 11 is 0. The van der Waals surface area contributed by atoms with Crippen molar-refractivity contribution in [1.29, 1.82) is 0 Å². The number of carbonyl (C=O) groups excluding carboxylic acids is 1. The highest BCUT2D eigenvalue weighted by atomic mass is 16.6. The number of ether oxygens (including phenoxy) is 1. The molecule has 0 aliphatic heterocycles. The summed E-state index contributed by atoms with van der Waals surface area (Å²) in [6.45, 7) is 3.15. The van der Waals surface area contributed by atoms with Crippen LogP contribution in [0.1, 0.15) is 12.5 Å². The Labute approximate surface area is 115 Å². The third-order valence-electron chi connectivity index (χ3n) is 2.97. The van der Waals surface area contributed by atoms with Crippen LogP contribution < -0.4 is 10.1 Å². The van der Waals surface area contributed by atoms with E-state index in [1.807, 2.05) is 0 Å². The van der Waals surface area contributed by atoms with Crippen molar-refractivity contribution < 1.29 is 14.5 Å². The summed E-state index contributed by atoms with van der Waals surface area (Å²) in [5.74, 6) is 0.364. The summed E-state index contributed by atoms with van der Waals surface area (Å²) in [4.78, 5) is 21.8. The first-order valence-electron chi connectivity index (χ1n) is 5.97. The number of nitro groups is 1. The van der Waals surface area contributed by atoms with E-state index in [1.165, 1.54) is 20.1 Å². The molecule has 0 aliphatic rings. The molecule has 0 aromatic heterocycles. The fourth-order valence-corrected chi connectivity index (χ4v) is 2.22.